The van der Waals surface area contributed by atoms with E-state index in [1.165, 1.54) is 0 Å². The van der Waals surface area contributed by atoms with Crippen molar-refractivity contribution in [1.29, 1.82) is 5.26 Å². The van der Waals surface area contributed by atoms with Crippen LogP contribution in [0.4, 0.5) is 4.79 Å². The molecule has 0 heterocycles. The molecular weight excluding hydrogens is 292 g/mol. The van der Waals surface area contributed by atoms with Crippen molar-refractivity contribution in [3.8, 4) is 11.8 Å². The molecule has 23 heavy (non-hydrogen) atoms. The summed E-state index contributed by atoms with van der Waals surface area (Å²) < 4.78 is 11.1. The number of nitrogens with one attached hydrogen (secondary N) is 1. The maximum absolute atomic E-state index is 11.6. The fourth-order valence-electron chi connectivity index (χ4n) is 2.03. The highest BCUT2D eigenvalue weighted by atomic mass is 16.6. The lowest BCUT2D eigenvalue weighted by Gasteiger charge is -2.21. The number of rotatable bonds is 7. The minimum Gasteiger partial charge on any atom is -0.490 e. The summed E-state index contributed by atoms with van der Waals surface area (Å²) >= 11 is 0. The second-order valence-electron chi connectivity index (χ2n) is 6.38. The lowest BCUT2D eigenvalue weighted by molar-refractivity contribution is 0.0520. The van der Waals surface area contributed by atoms with Gasteiger partial charge in [0.2, 0.25) is 0 Å². The standard InChI is InChI=1S/C18H26N2O3/c1-5-6-15(11-12-20-17(21)23-18(2,3)4)22-16-9-7-14(13-19)8-10-16/h7-10,15H,5-6,11-12H2,1-4H3,(H,20,21). The molecule has 1 unspecified atom stereocenters. The Bertz CT molecular complexity index is 527. The zero-order chi connectivity index (χ0) is 17.3. The Kier molecular flexibility index (Phi) is 7.40. The zero-order valence-corrected chi connectivity index (χ0v) is 14.4. The number of hydrogen-bond acceptors (Lipinski definition) is 4. The van der Waals surface area contributed by atoms with E-state index in [2.05, 4.69) is 18.3 Å². The molecule has 5 heteroatoms. The Hall–Kier alpha value is -2.22. The molecular formula is C18H26N2O3. The van der Waals surface area contributed by atoms with E-state index in [1.807, 2.05) is 20.8 Å². The van der Waals surface area contributed by atoms with Crippen LogP contribution in [-0.2, 0) is 4.74 Å². The highest BCUT2D eigenvalue weighted by molar-refractivity contribution is 5.67. The van der Waals surface area contributed by atoms with E-state index in [0.717, 1.165) is 18.6 Å². The molecule has 0 fully saturated rings. The monoisotopic (exact) mass is 318 g/mol. The number of ether oxygens (including phenoxy) is 2. The summed E-state index contributed by atoms with van der Waals surface area (Å²) in [5.41, 5.74) is 0.113. The van der Waals surface area contributed by atoms with E-state index >= 15 is 0 Å². The Labute approximate surface area is 138 Å². The minimum atomic E-state index is -0.494. The number of carbonyl (C=O) groups excluding carboxylic acids is 1. The molecule has 1 rings (SSSR count). The number of nitriles is 1. The summed E-state index contributed by atoms with van der Waals surface area (Å²) in [6.07, 6.45) is 2.20. The second-order valence-corrected chi connectivity index (χ2v) is 6.38. The van der Waals surface area contributed by atoms with Gasteiger partial charge in [-0.3, -0.25) is 0 Å². The van der Waals surface area contributed by atoms with Crippen molar-refractivity contribution >= 4 is 6.09 Å². The largest absolute Gasteiger partial charge is 0.490 e. The first-order valence-corrected chi connectivity index (χ1v) is 7.97. The number of carbonyl (C=O) groups is 1. The Morgan fingerprint density at radius 2 is 1.91 bits per heavy atom. The van der Waals surface area contributed by atoms with Gasteiger partial charge in [-0.2, -0.15) is 5.26 Å². The second kappa shape index (κ2) is 9.04. The molecule has 0 aromatic heterocycles. The summed E-state index contributed by atoms with van der Waals surface area (Å²) in [5, 5.41) is 11.5. The molecule has 0 aliphatic rings. The van der Waals surface area contributed by atoms with Crippen LogP contribution >= 0.6 is 0 Å². The van der Waals surface area contributed by atoms with Crippen molar-refractivity contribution in [2.75, 3.05) is 6.54 Å². The van der Waals surface area contributed by atoms with Crippen molar-refractivity contribution in [3.63, 3.8) is 0 Å². The highest BCUT2D eigenvalue weighted by Gasteiger charge is 2.16. The number of benzene rings is 1. The van der Waals surface area contributed by atoms with E-state index in [0.29, 0.717) is 18.5 Å². The third kappa shape index (κ3) is 8.10. The Morgan fingerprint density at radius 1 is 1.26 bits per heavy atom. The predicted octanol–water partition coefficient (Wildman–Crippen LogP) is 4.02. The van der Waals surface area contributed by atoms with Gasteiger partial charge in [-0.25, -0.2) is 4.79 Å². The van der Waals surface area contributed by atoms with Crippen molar-refractivity contribution in [2.24, 2.45) is 0 Å². The maximum Gasteiger partial charge on any atom is 0.407 e. The van der Waals surface area contributed by atoms with E-state index in [-0.39, 0.29) is 6.10 Å². The normalized spacial score (nSPS) is 12.1. The average molecular weight is 318 g/mol. The molecule has 1 N–H and O–H groups in total. The van der Waals surface area contributed by atoms with Crippen LogP contribution in [0.5, 0.6) is 5.75 Å². The summed E-state index contributed by atoms with van der Waals surface area (Å²) in [6.45, 7) is 8.09. The van der Waals surface area contributed by atoms with Gasteiger partial charge in [0.15, 0.2) is 0 Å². The molecule has 0 aliphatic heterocycles. The minimum absolute atomic E-state index is 0.0165. The molecule has 0 radical (unpaired) electrons. The van der Waals surface area contributed by atoms with Crippen LogP contribution < -0.4 is 10.1 Å². The molecule has 1 atom stereocenters. The van der Waals surface area contributed by atoms with Gasteiger partial charge in [0, 0.05) is 13.0 Å². The zero-order valence-electron chi connectivity index (χ0n) is 14.4. The van der Waals surface area contributed by atoms with E-state index < -0.39 is 11.7 Å². The average Bonchev–Trinajstić information content (AvgIpc) is 2.46. The molecule has 0 saturated carbocycles. The van der Waals surface area contributed by atoms with Gasteiger partial charge >= 0.3 is 6.09 Å². The first-order chi connectivity index (χ1) is 10.8. The molecule has 5 nitrogen and oxygen atoms in total. The number of alkyl carbamates (subject to hydrolysis) is 1. The first kappa shape index (κ1) is 18.8. The van der Waals surface area contributed by atoms with Crippen LogP contribution in [0.1, 0.15) is 52.5 Å². The maximum atomic E-state index is 11.6. The number of amides is 1. The Morgan fingerprint density at radius 3 is 2.43 bits per heavy atom. The molecule has 0 bridgehead atoms. The van der Waals surface area contributed by atoms with E-state index in [9.17, 15) is 4.79 Å². The smallest absolute Gasteiger partial charge is 0.407 e. The first-order valence-electron chi connectivity index (χ1n) is 7.97. The van der Waals surface area contributed by atoms with E-state index in [1.54, 1.807) is 24.3 Å². The van der Waals surface area contributed by atoms with Crippen molar-refractivity contribution < 1.29 is 14.3 Å². The molecule has 126 valence electrons. The summed E-state index contributed by atoms with van der Waals surface area (Å²) in [5.74, 6) is 0.736. The van der Waals surface area contributed by atoms with Crippen LogP contribution in [0.2, 0.25) is 0 Å². The fourth-order valence-corrected chi connectivity index (χ4v) is 2.03. The molecule has 0 saturated heterocycles. The SMILES string of the molecule is CCCC(CCNC(=O)OC(C)(C)C)Oc1ccc(C#N)cc1. The van der Waals surface area contributed by atoms with Crippen molar-refractivity contribution in [2.45, 2.75) is 58.7 Å². The predicted molar refractivity (Wildman–Crippen MR) is 89.3 cm³/mol. The molecule has 1 aromatic rings. The third-order valence-electron chi connectivity index (χ3n) is 3.03. The molecule has 1 aromatic carbocycles. The topological polar surface area (TPSA) is 71.3 Å². The highest BCUT2D eigenvalue weighted by Crippen LogP contribution is 2.17. The Balaban J connectivity index is 2.45. The summed E-state index contributed by atoms with van der Waals surface area (Å²) in [7, 11) is 0. The van der Waals surface area contributed by atoms with Crippen LogP contribution in [0, 0.1) is 11.3 Å². The molecule has 1 amide bonds. The summed E-state index contributed by atoms with van der Waals surface area (Å²) in [4.78, 5) is 11.6. The fraction of sp³-hybridized carbons (Fsp3) is 0.556. The van der Waals surface area contributed by atoms with Gasteiger partial charge in [-0.15, -0.1) is 0 Å². The summed E-state index contributed by atoms with van der Waals surface area (Å²) in [6, 6.07) is 9.14. The van der Waals surface area contributed by atoms with Crippen LogP contribution in [0.15, 0.2) is 24.3 Å². The third-order valence-corrected chi connectivity index (χ3v) is 3.03. The van der Waals surface area contributed by atoms with Gasteiger partial charge in [0.05, 0.1) is 11.6 Å². The van der Waals surface area contributed by atoms with Gasteiger partial charge in [0.25, 0.3) is 0 Å². The molecule has 0 aliphatic carbocycles. The van der Waals surface area contributed by atoms with E-state index in [4.69, 9.17) is 14.7 Å². The molecule has 0 spiro atoms. The van der Waals surface area contributed by atoms with Gasteiger partial charge in [0.1, 0.15) is 17.5 Å². The van der Waals surface area contributed by atoms with Gasteiger partial charge < -0.3 is 14.8 Å². The lowest BCUT2D eigenvalue weighted by Crippen LogP contribution is -2.34. The van der Waals surface area contributed by atoms with Crippen LogP contribution in [0.3, 0.4) is 0 Å². The van der Waals surface area contributed by atoms with Gasteiger partial charge in [-0.05, 0) is 51.5 Å². The quantitative estimate of drug-likeness (QED) is 0.824. The number of hydrogen-bond donors (Lipinski definition) is 1. The van der Waals surface area contributed by atoms with Crippen LogP contribution in [0.25, 0.3) is 0 Å². The number of nitrogens with zero attached hydrogens (tertiary/aromatic N) is 1. The lowest BCUT2D eigenvalue weighted by atomic mass is 10.1. The van der Waals surface area contributed by atoms with Crippen molar-refractivity contribution in [1.82, 2.24) is 5.32 Å². The van der Waals surface area contributed by atoms with Crippen molar-refractivity contribution in [3.05, 3.63) is 29.8 Å². The van der Waals surface area contributed by atoms with Gasteiger partial charge in [-0.1, -0.05) is 13.3 Å². The van der Waals surface area contributed by atoms with Crippen LogP contribution in [-0.4, -0.2) is 24.3 Å².